The SMILES string of the molecule is Fc1cc(Br)ccc1N1CCNC2(CCCCC2)C1. The van der Waals surface area contributed by atoms with Crippen LogP contribution in [0.15, 0.2) is 22.7 Å². The molecule has 0 unspecified atom stereocenters. The van der Waals surface area contributed by atoms with Crippen LogP contribution in [0.5, 0.6) is 0 Å². The van der Waals surface area contributed by atoms with Crippen molar-refractivity contribution < 1.29 is 4.39 Å². The topological polar surface area (TPSA) is 15.3 Å². The number of halogens is 2. The van der Waals surface area contributed by atoms with Gasteiger partial charge in [0.1, 0.15) is 5.82 Å². The van der Waals surface area contributed by atoms with Crippen molar-refractivity contribution >= 4 is 21.6 Å². The van der Waals surface area contributed by atoms with Crippen LogP contribution >= 0.6 is 15.9 Å². The van der Waals surface area contributed by atoms with E-state index in [1.54, 1.807) is 6.07 Å². The van der Waals surface area contributed by atoms with Crippen molar-refractivity contribution in [2.75, 3.05) is 24.5 Å². The molecule has 19 heavy (non-hydrogen) atoms. The van der Waals surface area contributed by atoms with Gasteiger partial charge in [0.05, 0.1) is 5.69 Å². The van der Waals surface area contributed by atoms with E-state index in [-0.39, 0.29) is 11.4 Å². The maximum atomic E-state index is 14.1. The zero-order valence-corrected chi connectivity index (χ0v) is 12.7. The van der Waals surface area contributed by atoms with Crippen molar-refractivity contribution in [2.45, 2.75) is 37.6 Å². The second-order valence-corrected chi connectivity index (χ2v) is 6.70. The Morgan fingerprint density at radius 2 is 2.00 bits per heavy atom. The van der Waals surface area contributed by atoms with Gasteiger partial charge in [0.15, 0.2) is 0 Å². The molecule has 104 valence electrons. The zero-order chi connectivity index (χ0) is 13.3. The number of rotatable bonds is 1. The number of nitrogens with one attached hydrogen (secondary N) is 1. The van der Waals surface area contributed by atoms with Gasteiger partial charge in [-0.1, -0.05) is 35.2 Å². The number of piperazine rings is 1. The number of anilines is 1. The molecule has 2 fully saturated rings. The fraction of sp³-hybridized carbons (Fsp3) is 0.600. The summed E-state index contributed by atoms with van der Waals surface area (Å²) in [5.74, 6) is -0.123. The summed E-state index contributed by atoms with van der Waals surface area (Å²) in [5, 5.41) is 3.69. The predicted octanol–water partition coefficient (Wildman–Crippen LogP) is 3.70. The number of benzene rings is 1. The fourth-order valence-electron chi connectivity index (χ4n) is 3.46. The van der Waals surface area contributed by atoms with E-state index >= 15 is 0 Å². The first-order valence-electron chi connectivity index (χ1n) is 7.14. The van der Waals surface area contributed by atoms with Gasteiger partial charge in [-0.05, 0) is 31.0 Å². The van der Waals surface area contributed by atoms with Crippen LogP contribution in [0, 0.1) is 5.82 Å². The maximum absolute atomic E-state index is 14.1. The van der Waals surface area contributed by atoms with Crippen LogP contribution in [0.3, 0.4) is 0 Å². The van der Waals surface area contributed by atoms with Crippen LogP contribution in [-0.2, 0) is 0 Å². The fourth-order valence-corrected chi connectivity index (χ4v) is 3.80. The molecule has 1 N–H and O–H groups in total. The highest BCUT2D eigenvalue weighted by atomic mass is 79.9. The monoisotopic (exact) mass is 326 g/mol. The van der Waals surface area contributed by atoms with E-state index in [0.29, 0.717) is 0 Å². The summed E-state index contributed by atoms with van der Waals surface area (Å²) in [6, 6.07) is 5.38. The molecule has 1 aliphatic carbocycles. The van der Waals surface area contributed by atoms with E-state index in [2.05, 4.69) is 26.1 Å². The Labute approximate surface area is 122 Å². The van der Waals surface area contributed by atoms with Crippen molar-refractivity contribution in [2.24, 2.45) is 0 Å². The first kappa shape index (κ1) is 13.4. The summed E-state index contributed by atoms with van der Waals surface area (Å²) in [6.07, 6.45) is 6.38. The third kappa shape index (κ3) is 2.79. The van der Waals surface area contributed by atoms with Gasteiger partial charge in [-0.25, -0.2) is 4.39 Å². The summed E-state index contributed by atoms with van der Waals surface area (Å²) < 4.78 is 14.9. The molecule has 1 aromatic carbocycles. The second kappa shape index (κ2) is 5.41. The standard InChI is InChI=1S/C15H20BrFN2/c16-12-4-5-14(13(17)10-12)19-9-8-18-15(11-19)6-2-1-3-7-15/h4-5,10,18H,1-3,6-9,11H2. The zero-order valence-electron chi connectivity index (χ0n) is 11.1. The lowest BCUT2D eigenvalue weighted by atomic mass is 9.80. The Balaban J connectivity index is 1.81. The van der Waals surface area contributed by atoms with Crippen LogP contribution < -0.4 is 10.2 Å². The lowest BCUT2D eigenvalue weighted by Gasteiger charge is -2.47. The van der Waals surface area contributed by atoms with Gasteiger partial charge < -0.3 is 10.2 Å². The van der Waals surface area contributed by atoms with E-state index in [1.165, 1.54) is 32.1 Å². The van der Waals surface area contributed by atoms with Gasteiger partial charge in [-0.15, -0.1) is 0 Å². The van der Waals surface area contributed by atoms with Gasteiger partial charge in [-0.2, -0.15) is 0 Å². The van der Waals surface area contributed by atoms with Crippen LogP contribution in [-0.4, -0.2) is 25.2 Å². The first-order chi connectivity index (χ1) is 9.19. The van der Waals surface area contributed by atoms with E-state index in [9.17, 15) is 4.39 Å². The molecule has 1 aromatic rings. The Kier molecular flexibility index (Phi) is 3.81. The van der Waals surface area contributed by atoms with Gasteiger partial charge in [0, 0.05) is 29.6 Å². The Morgan fingerprint density at radius 1 is 1.21 bits per heavy atom. The molecule has 3 rings (SSSR count). The lowest BCUT2D eigenvalue weighted by Crippen LogP contribution is -2.61. The maximum Gasteiger partial charge on any atom is 0.147 e. The molecule has 1 saturated heterocycles. The first-order valence-corrected chi connectivity index (χ1v) is 7.93. The average molecular weight is 327 g/mol. The third-order valence-corrected chi connectivity index (χ3v) is 4.93. The number of hydrogen-bond acceptors (Lipinski definition) is 2. The van der Waals surface area contributed by atoms with Gasteiger partial charge >= 0.3 is 0 Å². The molecule has 2 nitrogen and oxygen atoms in total. The summed E-state index contributed by atoms with van der Waals surface area (Å²) in [5.41, 5.74) is 0.963. The van der Waals surface area contributed by atoms with E-state index in [1.807, 2.05) is 12.1 Å². The molecular formula is C15H20BrFN2. The minimum absolute atomic E-state index is 0.123. The smallest absolute Gasteiger partial charge is 0.147 e. The molecule has 0 atom stereocenters. The summed E-state index contributed by atoms with van der Waals surface area (Å²) in [6.45, 7) is 2.78. The molecule has 0 bridgehead atoms. The molecule has 0 amide bonds. The van der Waals surface area contributed by atoms with E-state index in [0.717, 1.165) is 29.8 Å². The average Bonchev–Trinajstić information content (AvgIpc) is 2.39. The van der Waals surface area contributed by atoms with Crippen LogP contribution in [0.2, 0.25) is 0 Å². The van der Waals surface area contributed by atoms with Crippen molar-refractivity contribution in [3.63, 3.8) is 0 Å². The largest absolute Gasteiger partial charge is 0.366 e. The lowest BCUT2D eigenvalue weighted by molar-refractivity contribution is 0.216. The van der Waals surface area contributed by atoms with Crippen molar-refractivity contribution in [1.82, 2.24) is 5.32 Å². The van der Waals surface area contributed by atoms with Gasteiger partial charge in [-0.3, -0.25) is 0 Å². The molecule has 0 aromatic heterocycles. The van der Waals surface area contributed by atoms with Crippen molar-refractivity contribution in [1.29, 1.82) is 0 Å². The van der Waals surface area contributed by atoms with Gasteiger partial charge in [0.2, 0.25) is 0 Å². The number of hydrogen-bond donors (Lipinski definition) is 1. The molecule has 2 aliphatic rings. The highest BCUT2D eigenvalue weighted by Crippen LogP contribution is 2.33. The summed E-state index contributed by atoms with van der Waals surface area (Å²) >= 11 is 3.32. The van der Waals surface area contributed by atoms with Gasteiger partial charge in [0.25, 0.3) is 0 Å². The van der Waals surface area contributed by atoms with Crippen molar-refractivity contribution in [3.8, 4) is 0 Å². The third-order valence-electron chi connectivity index (χ3n) is 4.44. The van der Waals surface area contributed by atoms with Crippen LogP contribution in [0.1, 0.15) is 32.1 Å². The highest BCUT2D eigenvalue weighted by Gasteiger charge is 2.36. The highest BCUT2D eigenvalue weighted by molar-refractivity contribution is 9.10. The molecule has 1 aliphatic heterocycles. The minimum atomic E-state index is -0.123. The normalized spacial score (nSPS) is 22.7. The molecule has 4 heteroatoms. The Hall–Kier alpha value is -0.610. The molecule has 1 spiro atoms. The summed E-state index contributed by atoms with van der Waals surface area (Å²) in [4.78, 5) is 2.21. The summed E-state index contributed by atoms with van der Waals surface area (Å²) in [7, 11) is 0. The minimum Gasteiger partial charge on any atom is -0.366 e. The second-order valence-electron chi connectivity index (χ2n) is 5.79. The van der Waals surface area contributed by atoms with E-state index in [4.69, 9.17) is 0 Å². The van der Waals surface area contributed by atoms with E-state index < -0.39 is 0 Å². The van der Waals surface area contributed by atoms with Crippen LogP contribution in [0.4, 0.5) is 10.1 Å². The van der Waals surface area contributed by atoms with Crippen molar-refractivity contribution in [3.05, 3.63) is 28.5 Å². The Bertz CT molecular complexity index is 452. The predicted molar refractivity (Wildman–Crippen MR) is 80.1 cm³/mol. The molecule has 1 heterocycles. The number of nitrogens with zero attached hydrogens (tertiary/aromatic N) is 1. The Morgan fingerprint density at radius 3 is 2.74 bits per heavy atom. The molecule has 0 radical (unpaired) electrons. The van der Waals surface area contributed by atoms with Crippen LogP contribution in [0.25, 0.3) is 0 Å². The quantitative estimate of drug-likeness (QED) is 0.846. The molecular weight excluding hydrogens is 307 g/mol. The molecule has 1 saturated carbocycles.